The lowest BCUT2D eigenvalue weighted by molar-refractivity contribution is -0.137. The molecule has 7 heteroatoms. The summed E-state index contributed by atoms with van der Waals surface area (Å²) in [6.45, 7) is 0. The van der Waals surface area contributed by atoms with Crippen molar-refractivity contribution in [2.75, 3.05) is 5.73 Å². The molecule has 1 aromatic heterocycles. The number of nitrogens with two attached hydrogens (primary N) is 1. The third kappa shape index (κ3) is 2.08. The molecule has 0 saturated carbocycles. The predicted molar refractivity (Wildman–Crippen MR) is 55.9 cm³/mol. The van der Waals surface area contributed by atoms with E-state index in [9.17, 15) is 13.2 Å². The second-order valence-corrected chi connectivity index (χ2v) is 3.52. The standard InChI is InChI=1S/C10H9F3N4/c1-17-8(9(14)15-16-17)6-2-4-7(5-3-6)10(11,12)13/h2-5H,14H2,1H3. The van der Waals surface area contributed by atoms with E-state index in [1.807, 2.05) is 0 Å². The van der Waals surface area contributed by atoms with Crippen molar-refractivity contribution in [3.8, 4) is 11.3 Å². The molecule has 0 atom stereocenters. The lowest BCUT2D eigenvalue weighted by Crippen LogP contribution is -2.04. The molecule has 1 aromatic carbocycles. The quantitative estimate of drug-likeness (QED) is 0.832. The van der Waals surface area contributed by atoms with E-state index in [0.29, 0.717) is 11.3 Å². The van der Waals surface area contributed by atoms with Crippen LogP contribution in [0.2, 0.25) is 0 Å². The van der Waals surface area contributed by atoms with Gasteiger partial charge in [0.2, 0.25) is 0 Å². The van der Waals surface area contributed by atoms with Crippen LogP contribution in [0, 0.1) is 0 Å². The van der Waals surface area contributed by atoms with Crippen LogP contribution in [0.4, 0.5) is 19.0 Å². The number of halogens is 3. The molecule has 90 valence electrons. The van der Waals surface area contributed by atoms with Crippen LogP contribution in [0.3, 0.4) is 0 Å². The molecular formula is C10H9F3N4. The van der Waals surface area contributed by atoms with Crippen molar-refractivity contribution in [2.45, 2.75) is 6.18 Å². The third-order valence-electron chi connectivity index (χ3n) is 2.34. The molecule has 4 nitrogen and oxygen atoms in total. The molecule has 2 N–H and O–H groups in total. The highest BCUT2D eigenvalue weighted by molar-refractivity contribution is 5.69. The number of aryl methyl sites for hydroxylation is 1. The normalized spacial score (nSPS) is 11.8. The Hall–Kier alpha value is -2.05. The second kappa shape index (κ2) is 3.76. The van der Waals surface area contributed by atoms with E-state index >= 15 is 0 Å². The Bertz CT molecular complexity index is 508. The Kier molecular flexibility index (Phi) is 2.53. The zero-order valence-electron chi connectivity index (χ0n) is 8.86. The van der Waals surface area contributed by atoms with Crippen molar-refractivity contribution in [1.29, 1.82) is 0 Å². The largest absolute Gasteiger partial charge is 0.416 e. The zero-order valence-corrected chi connectivity index (χ0v) is 8.86. The molecule has 0 amide bonds. The van der Waals surface area contributed by atoms with E-state index in [1.54, 1.807) is 7.05 Å². The number of hydrogen-bond acceptors (Lipinski definition) is 3. The number of nitrogens with zero attached hydrogens (tertiary/aromatic N) is 3. The third-order valence-corrected chi connectivity index (χ3v) is 2.34. The maximum absolute atomic E-state index is 12.4. The van der Waals surface area contributed by atoms with Gasteiger partial charge in [-0.15, -0.1) is 5.10 Å². The summed E-state index contributed by atoms with van der Waals surface area (Å²) in [6, 6.07) is 4.69. The zero-order chi connectivity index (χ0) is 12.6. The molecular weight excluding hydrogens is 233 g/mol. The van der Waals surface area contributed by atoms with Gasteiger partial charge in [0.15, 0.2) is 5.82 Å². The van der Waals surface area contributed by atoms with Crippen molar-refractivity contribution in [1.82, 2.24) is 15.0 Å². The minimum atomic E-state index is -4.34. The van der Waals surface area contributed by atoms with Gasteiger partial charge < -0.3 is 5.73 Å². The van der Waals surface area contributed by atoms with Crippen molar-refractivity contribution in [3.05, 3.63) is 29.8 Å². The first-order valence-corrected chi connectivity index (χ1v) is 4.72. The van der Waals surface area contributed by atoms with Crippen molar-refractivity contribution in [3.63, 3.8) is 0 Å². The molecule has 0 unspecified atom stereocenters. The molecule has 0 fully saturated rings. The molecule has 0 aliphatic carbocycles. The highest BCUT2D eigenvalue weighted by atomic mass is 19.4. The monoisotopic (exact) mass is 242 g/mol. The van der Waals surface area contributed by atoms with Gasteiger partial charge in [0.05, 0.1) is 5.56 Å². The maximum Gasteiger partial charge on any atom is 0.416 e. The molecule has 0 radical (unpaired) electrons. The van der Waals surface area contributed by atoms with Crippen LogP contribution in [0.25, 0.3) is 11.3 Å². The summed E-state index contributed by atoms with van der Waals surface area (Å²) in [5.41, 5.74) is 5.92. The number of benzene rings is 1. The van der Waals surface area contributed by atoms with Gasteiger partial charge in [0.1, 0.15) is 5.69 Å². The minimum absolute atomic E-state index is 0.187. The average Bonchev–Trinajstić information content (AvgIpc) is 2.58. The summed E-state index contributed by atoms with van der Waals surface area (Å²) in [5.74, 6) is 0.187. The second-order valence-electron chi connectivity index (χ2n) is 3.52. The first-order chi connectivity index (χ1) is 7.89. The van der Waals surface area contributed by atoms with Gasteiger partial charge in [-0.1, -0.05) is 17.3 Å². The molecule has 17 heavy (non-hydrogen) atoms. The highest BCUT2D eigenvalue weighted by Crippen LogP contribution is 2.31. The van der Waals surface area contributed by atoms with Crippen molar-refractivity contribution < 1.29 is 13.2 Å². The van der Waals surface area contributed by atoms with Crippen LogP contribution in [-0.4, -0.2) is 15.0 Å². The highest BCUT2D eigenvalue weighted by Gasteiger charge is 2.30. The summed E-state index contributed by atoms with van der Waals surface area (Å²) in [6.07, 6.45) is -4.34. The summed E-state index contributed by atoms with van der Waals surface area (Å²) in [4.78, 5) is 0. The first kappa shape index (κ1) is 11.4. The van der Waals surface area contributed by atoms with E-state index in [1.165, 1.54) is 16.8 Å². The number of alkyl halides is 3. The Labute approximate surface area is 94.9 Å². The van der Waals surface area contributed by atoms with Crippen LogP contribution < -0.4 is 5.73 Å². The van der Waals surface area contributed by atoms with Gasteiger partial charge >= 0.3 is 6.18 Å². The fourth-order valence-corrected chi connectivity index (χ4v) is 1.52. The summed E-state index contributed by atoms with van der Waals surface area (Å²) < 4.78 is 38.5. The number of rotatable bonds is 1. The van der Waals surface area contributed by atoms with E-state index in [-0.39, 0.29) is 5.82 Å². The maximum atomic E-state index is 12.4. The number of anilines is 1. The van der Waals surface area contributed by atoms with Gasteiger partial charge in [-0.25, -0.2) is 4.68 Å². The molecule has 0 aliphatic heterocycles. The first-order valence-electron chi connectivity index (χ1n) is 4.72. The van der Waals surface area contributed by atoms with Crippen LogP contribution in [0.5, 0.6) is 0 Å². The number of aromatic nitrogens is 3. The van der Waals surface area contributed by atoms with E-state index in [0.717, 1.165) is 12.1 Å². The minimum Gasteiger partial charge on any atom is -0.380 e. The van der Waals surface area contributed by atoms with Gasteiger partial charge in [0, 0.05) is 12.6 Å². The van der Waals surface area contributed by atoms with Crippen molar-refractivity contribution in [2.24, 2.45) is 7.05 Å². The summed E-state index contributed by atoms with van der Waals surface area (Å²) in [7, 11) is 1.62. The fourth-order valence-electron chi connectivity index (χ4n) is 1.52. The SMILES string of the molecule is Cn1nnc(N)c1-c1ccc(C(F)(F)F)cc1. The number of nitrogen functional groups attached to an aromatic ring is 1. The Morgan fingerprint density at radius 2 is 1.76 bits per heavy atom. The Morgan fingerprint density at radius 3 is 2.18 bits per heavy atom. The van der Waals surface area contributed by atoms with Crippen LogP contribution in [-0.2, 0) is 13.2 Å². The van der Waals surface area contributed by atoms with Gasteiger partial charge in [0.25, 0.3) is 0 Å². The summed E-state index contributed by atoms with van der Waals surface area (Å²) >= 11 is 0. The molecule has 0 aliphatic rings. The van der Waals surface area contributed by atoms with Crippen LogP contribution in [0.1, 0.15) is 5.56 Å². The molecule has 0 bridgehead atoms. The molecule has 0 saturated heterocycles. The van der Waals surface area contributed by atoms with E-state index < -0.39 is 11.7 Å². The van der Waals surface area contributed by atoms with Crippen LogP contribution in [0.15, 0.2) is 24.3 Å². The van der Waals surface area contributed by atoms with Gasteiger partial charge in [-0.2, -0.15) is 13.2 Å². The van der Waals surface area contributed by atoms with Crippen molar-refractivity contribution >= 4 is 5.82 Å². The molecule has 1 heterocycles. The molecule has 0 spiro atoms. The molecule has 2 rings (SSSR count). The van der Waals surface area contributed by atoms with Crippen LogP contribution >= 0.6 is 0 Å². The predicted octanol–water partition coefficient (Wildman–Crippen LogP) is 2.08. The fraction of sp³-hybridized carbons (Fsp3) is 0.200. The lowest BCUT2D eigenvalue weighted by atomic mass is 10.1. The average molecular weight is 242 g/mol. The number of hydrogen-bond donors (Lipinski definition) is 1. The van der Waals surface area contributed by atoms with E-state index in [2.05, 4.69) is 10.3 Å². The topological polar surface area (TPSA) is 56.7 Å². The Morgan fingerprint density at radius 1 is 1.18 bits per heavy atom. The molecule has 2 aromatic rings. The summed E-state index contributed by atoms with van der Waals surface area (Å²) in [5, 5.41) is 7.32. The lowest BCUT2D eigenvalue weighted by Gasteiger charge is -2.07. The van der Waals surface area contributed by atoms with Gasteiger partial charge in [-0.3, -0.25) is 0 Å². The van der Waals surface area contributed by atoms with E-state index in [4.69, 9.17) is 5.73 Å². The van der Waals surface area contributed by atoms with Gasteiger partial charge in [-0.05, 0) is 12.1 Å². The smallest absolute Gasteiger partial charge is 0.380 e. The Balaban J connectivity index is 2.43.